The van der Waals surface area contributed by atoms with Crippen molar-refractivity contribution < 1.29 is 8.42 Å². The van der Waals surface area contributed by atoms with Gasteiger partial charge in [0, 0.05) is 17.6 Å². The molecule has 3 nitrogen and oxygen atoms in total. The predicted octanol–water partition coefficient (Wildman–Crippen LogP) is 1.80. The van der Waals surface area contributed by atoms with Crippen LogP contribution in [0, 0.1) is 12.8 Å². The maximum Gasteiger partial charge on any atom is 0.154 e. The Kier molecular flexibility index (Phi) is 3.47. The molecule has 0 aliphatic heterocycles. The standard InChI is InChI=1S/C13H17NO2S2/c1-3-18(15,16)12-10(11(12)13(14)17)9-6-4-8(2)5-7-9/h4-7,10-12H,3H2,1-2H3,(H2,14,17)/t10-,11+,12+/m1/s1. The van der Waals surface area contributed by atoms with Crippen LogP contribution in [0.15, 0.2) is 24.3 Å². The summed E-state index contributed by atoms with van der Waals surface area (Å²) in [6.45, 7) is 3.67. The Hall–Kier alpha value is -0.940. The Morgan fingerprint density at radius 1 is 1.33 bits per heavy atom. The lowest BCUT2D eigenvalue weighted by atomic mass is 10.1. The molecule has 2 N–H and O–H groups in total. The number of sulfone groups is 1. The van der Waals surface area contributed by atoms with E-state index in [-0.39, 0.29) is 17.6 Å². The van der Waals surface area contributed by atoms with Crippen molar-refractivity contribution in [2.24, 2.45) is 11.7 Å². The van der Waals surface area contributed by atoms with Gasteiger partial charge in [0.1, 0.15) is 0 Å². The summed E-state index contributed by atoms with van der Waals surface area (Å²) in [7, 11) is -3.09. The predicted molar refractivity (Wildman–Crippen MR) is 77.4 cm³/mol. The third-order valence-corrected chi connectivity index (χ3v) is 6.05. The molecule has 0 aromatic heterocycles. The molecule has 0 unspecified atom stereocenters. The van der Waals surface area contributed by atoms with Crippen molar-refractivity contribution in [3.63, 3.8) is 0 Å². The minimum Gasteiger partial charge on any atom is -0.393 e. The van der Waals surface area contributed by atoms with E-state index in [1.165, 1.54) is 0 Å². The zero-order valence-electron chi connectivity index (χ0n) is 10.5. The second-order valence-corrected chi connectivity index (χ2v) is 7.70. The number of nitrogens with two attached hydrogens (primary N) is 1. The summed E-state index contributed by atoms with van der Waals surface area (Å²) < 4.78 is 24.0. The number of hydrogen-bond donors (Lipinski definition) is 1. The molecule has 98 valence electrons. The van der Waals surface area contributed by atoms with Crippen molar-refractivity contribution in [2.75, 3.05) is 5.75 Å². The van der Waals surface area contributed by atoms with E-state index < -0.39 is 15.1 Å². The normalized spacial score (nSPS) is 26.9. The lowest BCUT2D eigenvalue weighted by Gasteiger charge is -2.01. The van der Waals surface area contributed by atoms with Gasteiger partial charge >= 0.3 is 0 Å². The highest BCUT2D eigenvalue weighted by molar-refractivity contribution is 7.92. The minimum atomic E-state index is -3.09. The summed E-state index contributed by atoms with van der Waals surface area (Å²) in [5.74, 6) is -0.125. The van der Waals surface area contributed by atoms with E-state index in [1.54, 1.807) is 6.92 Å². The first kappa shape index (κ1) is 13.5. The minimum absolute atomic E-state index is 0.0620. The number of aryl methyl sites for hydroxylation is 1. The molecule has 1 aliphatic carbocycles. The molecule has 0 bridgehead atoms. The molecule has 1 aromatic rings. The summed E-state index contributed by atoms with van der Waals surface area (Å²) in [4.78, 5) is 0.308. The van der Waals surface area contributed by atoms with Crippen molar-refractivity contribution >= 4 is 27.0 Å². The van der Waals surface area contributed by atoms with Crippen molar-refractivity contribution in [1.82, 2.24) is 0 Å². The summed E-state index contributed by atoms with van der Waals surface area (Å²) in [6, 6.07) is 7.91. The topological polar surface area (TPSA) is 60.2 Å². The van der Waals surface area contributed by atoms with Crippen LogP contribution in [-0.4, -0.2) is 24.4 Å². The second kappa shape index (κ2) is 4.63. The van der Waals surface area contributed by atoms with Crippen LogP contribution in [0.5, 0.6) is 0 Å². The molecule has 0 amide bonds. The Morgan fingerprint density at radius 3 is 2.33 bits per heavy atom. The summed E-state index contributed by atoms with van der Waals surface area (Å²) >= 11 is 4.99. The zero-order valence-corrected chi connectivity index (χ0v) is 12.1. The zero-order chi connectivity index (χ0) is 13.5. The summed E-state index contributed by atoms with van der Waals surface area (Å²) in [6.07, 6.45) is 0. The Morgan fingerprint density at radius 2 is 1.89 bits per heavy atom. The monoisotopic (exact) mass is 283 g/mol. The van der Waals surface area contributed by atoms with Crippen LogP contribution in [0.2, 0.25) is 0 Å². The van der Waals surface area contributed by atoms with Gasteiger partial charge in [-0.05, 0) is 12.5 Å². The molecule has 3 atom stereocenters. The second-order valence-electron chi connectivity index (χ2n) is 4.78. The van der Waals surface area contributed by atoms with Crippen LogP contribution in [0.1, 0.15) is 24.0 Å². The molecule has 1 aromatic carbocycles. The van der Waals surface area contributed by atoms with Gasteiger partial charge in [0.25, 0.3) is 0 Å². The molecule has 1 aliphatic rings. The molecular weight excluding hydrogens is 266 g/mol. The van der Waals surface area contributed by atoms with Crippen molar-refractivity contribution in [1.29, 1.82) is 0 Å². The highest BCUT2D eigenvalue weighted by Gasteiger charge is 2.59. The largest absolute Gasteiger partial charge is 0.393 e. The van der Waals surface area contributed by atoms with Crippen molar-refractivity contribution in [2.45, 2.75) is 25.0 Å². The molecule has 1 fully saturated rings. The lowest BCUT2D eigenvalue weighted by molar-refractivity contribution is 0.594. The van der Waals surface area contributed by atoms with Crippen LogP contribution in [0.3, 0.4) is 0 Å². The van der Waals surface area contributed by atoms with E-state index >= 15 is 0 Å². The fourth-order valence-electron chi connectivity index (χ4n) is 2.45. The smallest absolute Gasteiger partial charge is 0.154 e. The highest BCUT2D eigenvalue weighted by atomic mass is 32.2. The van der Waals surface area contributed by atoms with Crippen molar-refractivity contribution in [3.8, 4) is 0 Å². The van der Waals surface area contributed by atoms with E-state index in [0.717, 1.165) is 11.1 Å². The molecule has 0 saturated heterocycles. The van der Waals surface area contributed by atoms with E-state index in [1.807, 2.05) is 31.2 Å². The highest BCUT2D eigenvalue weighted by Crippen LogP contribution is 2.52. The van der Waals surface area contributed by atoms with Gasteiger partial charge in [-0.2, -0.15) is 0 Å². The first-order chi connectivity index (χ1) is 8.38. The molecule has 1 saturated carbocycles. The fraction of sp³-hybridized carbons (Fsp3) is 0.462. The molecule has 0 radical (unpaired) electrons. The molecule has 18 heavy (non-hydrogen) atoms. The van der Waals surface area contributed by atoms with Gasteiger partial charge in [0.15, 0.2) is 9.84 Å². The molecule has 2 rings (SSSR count). The molecule has 0 spiro atoms. The van der Waals surface area contributed by atoms with Crippen LogP contribution in [-0.2, 0) is 9.84 Å². The van der Waals surface area contributed by atoms with Crippen molar-refractivity contribution in [3.05, 3.63) is 35.4 Å². The third-order valence-electron chi connectivity index (χ3n) is 3.56. The van der Waals surface area contributed by atoms with Crippen LogP contribution >= 0.6 is 12.2 Å². The van der Waals surface area contributed by atoms with E-state index in [4.69, 9.17) is 18.0 Å². The average Bonchev–Trinajstić information content (AvgIpc) is 3.06. The maximum absolute atomic E-state index is 12.0. The number of rotatable bonds is 4. The van der Waals surface area contributed by atoms with Gasteiger partial charge in [0.2, 0.25) is 0 Å². The summed E-state index contributed by atoms with van der Waals surface area (Å²) in [5.41, 5.74) is 7.83. The number of benzene rings is 1. The van der Waals surface area contributed by atoms with Gasteiger partial charge in [0.05, 0.1) is 10.2 Å². The first-order valence-electron chi connectivity index (χ1n) is 5.96. The SMILES string of the molecule is CCS(=O)(=O)[C@@H]1[C@@H](C(N)=S)[C@H]1c1ccc(C)cc1. The van der Waals surface area contributed by atoms with E-state index in [2.05, 4.69) is 0 Å². The van der Waals surface area contributed by atoms with Gasteiger partial charge in [-0.1, -0.05) is 49.0 Å². The summed E-state index contributed by atoms with van der Waals surface area (Å²) in [5, 5.41) is -0.428. The van der Waals surface area contributed by atoms with Crippen LogP contribution in [0.25, 0.3) is 0 Å². The maximum atomic E-state index is 12.0. The van der Waals surface area contributed by atoms with Gasteiger partial charge in [-0.3, -0.25) is 0 Å². The van der Waals surface area contributed by atoms with Crippen LogP contribution < -0.4 is 5.73 Å². The molecular formula is C13H17NO2S2. The number of thiocarbonyl (C=S) groups is 1. The van der Waals surface area contributed by atoms with E-state index in [0.29, 0.717) is 4.99 Å². The Labute approximate surface area is 113 Å². The fourth-order valence-corrected chi connectivity index (χ4v) is 4.66. The number of hydrogen-bond acceptors (Lipinski definition) is 3. The average molecular weight is 283 g/mol. The quantitative estimate of drug-likeness (QED) is 0.856. The van der Waals surface area contributed by atoms with E-state index in [9.17, 15) is 8.42 Å². The third kappa shape index (κ3) is 2.29. The Bertz CT molecular complexity index is 563. The van der Waals surface area contributed by atoms with Gasteiger partial charge in [-0.15, -0.1) is 0 Å². The first-order valence-corrected chi connectivity index (χ1v) is 8.08. The van der Waals surface area contributed by atoms with Crippen LogP contribution in [0.4, 0.5) is 0 Å². The molecule has 5 heteroatoms. The molecule has 0 heterocycles. The lowest BCUT2D eigenvalue weighted by Crippen LogP contribution is -2.18. The Balaban J connectivity index is 2.33. The van der Waals surface area contributed by atoms with Gasteiger partial charge in [-0.25, -0.2) is 8.42 Å². The van der Waals surface area contributed by atoms with Gasteiger partial charge < -0.3 is 5.73 Å².